The van der Waals surface area contributed by atoms with Gasteiger partial charge in [0, 0.05) is 12.5 Å². The average Bonchev–Trinajstić information content (AvgIpc) is 2.86. The van der Waals surface area contributed by atoms with Gasteiger partial charge in [0.2, 0.25) is 0 Å². The lowest BCUT2D eigenvalue weighted by Crippen LogP contribution is -2.57. The number of ether oxygens (including phenoxy) is 1. The quantitative estimate of drug-likeness (QED) is 0.679. The summed E-state index contributed by atoms with van der Waals surface area (Å²) in [5.74, 6) is 2.61. The average molecular weight is 263 g/mol. The van der Waals surface area contributed by atoms with Crippen molar-refractivity contribution in [1.29, 1.82) is 0 Å². The first-order valence-corrected chi connectivity index (χ1v) is 7.87. The Balaban J connectivity index is 1.85. The van der Waals surface area contributed by atoms with Gasteiger partial charge in [-0.05, 0) is 43.1 Å². The first-order valence-electron chi connectivity index (χ1n) is 7.87. The van der Waals surface area contributed by atoms with Crippen LogP contribution in [0, 0.1) is 35.0 Å². The van der Waals surface area contributed by atoms with E-state index in [9.17, 15) is 4.79 Å². The van der Waals surface area contributed by atoms with Crippen LogP contribution in [0.5, 0.6) is 0 Å². The van der Waals surface area contributed by atoms with E-state index in [4.69, 9.17) is 4.74 Å². The highest BCUT2D eigenvalue weighted by molar-refractivity contribution is 5.77. The summed E-state index contributed by atoms with van der Waals surface area (Å²) in [6, 6.07) is 0.458. The molecule has 0 aromatic rings. The second kappa shape index (κ2) is 3.55. The Labute approximate surface area is 115 Å². The molecule has 4 fully saturated rings. The summed E-state index contributed by atoms with van der Waals surface area (Å²) in [5, 5.41) is 0. The van der Waals surface area contributed by atoms with Crippen molar-refractivity contribution in [3.63, 3.8) is 0 Å². The van der Waals surface area contributed by atoms with E-state index in [0.717, 1.165) is 5.92 Å². The van der Waals surface area contributed by atoms with Crippen LogP contribution in [0.2, 0.25) is 0 Å². The van der Waals surface area contributed by atoms with E-state index in [0.29, 0.717) is 29.2 Å². The molecule has 3 heteroatoms. The zero-order valence-corrected chi connectivity index (χ0v) is 12.4. The second-order valence-electron chi connectivity index (χ2n) is 7.88. The summed E-state index contributed by atoms with van der Waals surface area (Å²) in [6.45, 7) is 8.17. The van der Waals surface area contributed by atoms with Gasteiger partial charge in [-0.25, -0.2) is 0 Å². The number of fused-ring (bicyclic) bond motifs is 4. The lowest BCUT2D eigenvalue weighted by Gasteiger charge is -2.49. The molecular weight excluding hydrogens is 238 g/mol. The molecule has 0 amide bonds. The monoisotopic (exact) mass is 263 g/mol. The fourth-order valence-corrected chi connectivity index (χ4v) is 6.32. The fourth-order valence-electron chi connectivity index (χ4n) is 6.32. The maximum Gasteiger partial charge on any atom is 0.310 e. The van der Waals surface area contributed by atoms with Crippen molar-refractivity contribution >= 4 is 5.97 Å². The van der Waals surface area contributed by atoms with Crippen LogP contribution in [0.1, 0.15) is 33.6 Å². The molecule has 3 nitrogen and oxygen atoms in total. The molecule has 106 valence electrons. The zero-order valence-electron chi connectivity index (χ0n) is 12.4. The van der Waals surface area contributed by atoms with Crippen molar-refractivity contribution in [3.8, 4) is 0 Å². The molecule has 0 spiro atoms. The minimum Gasteiger partial charge on any atom is -0.460 e. The molecule has 0 aromatic carbocycles. The van der Waals surface area contributed by atoms with Gasteiger partial charge in [-0.1, -0.05) is 20.8 Å². The van der Waals surface area contributed by atoms with Crippen LogP contribution < -0.4 is 0 Å². The highest BCUT2D eigenvalue weighted by Crippen LogP contribution is 2.66. The molecule has 2 saturated heterocycles. The maximum atomic E-state index is 12.4. The van der Waals surface area contributed by atoms with Gasteiger partial charge in [-0.2, -0.15) is 0 Å². The van der Waals surface area contributed by atoms with Gasteiger partial charge >= 0.3 is 5.97 Å². The number of hydrogen-bond acceptors (Lipinski definition) is 3. The van der Waals surface area contributed by atoms with Gasteiger partial charge in [0.05, 0.1) is 12.0 Å². The third kappa shape index (κ3) is 1.22. The van der Waals surface area contributed by atoms with E-state index in [1.54, 1.807) is 0 Å². The molecule has 7 atom stereocenters. The highest BCUT2D eigenvalue weighted by atomic mass is 16.6. The van der Waals surface area contributed by atoms with Crippen LogP contribution in [-0.2, 0) is 9.53 Å². The Morgan fingerprint density at radius 1 is 1.37 bits per heavy atom. The molecular formula is C16H25NO2. The van der Waals surface area contributed by atoms with Gasteiger partial charge in [0.1, 0.15) is 6.10 Å². The van der Waals surface area contributed by atoms with Crippen molar-refractivity contribution in [2.24, 2.45) is 35.0 Å². The number of carbonyl (C=O) groups is 1. The van der Waals surface area contributed by atoms with E-state index in [1.165, 1.54) is 19.4 Å². The summed E-state index contributed by atoms with van der Waals surface area (Å²) in [6.07, 6.45) is 2.69. The van der Waals surface area contributed by atoms with Crippen LogP contribution in [0.15, 0.2) is 0 Å². The van der Waals surface area contributed by atoms with Crippen LogP contribution >= 0.6 is 0 Å². The van der Waals surface area contributed by atoms with Crippen LogP contribution in [0.25, 0.3) is 0 Å². The first kappa shape index (κ1) is 12.2. The molecule has 4 aliphatic rings. The Morgan fingerprint density at radius 3 is 2.79 bits per heavy atom. The van der Waals surface area contributed by atoms with E-state index in [1.807, 2.05) is 0 Å². The topological polar surface area (TPSA) is 29.5 Å². The SMILES string of the molecule is CC(C)[C@H]1C2C(=O)O[C@H]1C1N(C)CC3CCC2[C@]31C. The standard InChI is InChI=1S/C16H25NO2/c1-8(2)11-12-10-6-5-9-7-17(4)14(16(9,10)3)13(11)19-15(12)18/h8-14H,5-7H2,1-4H3/t9?,10?,11-,12?,13+,14?,16-/m0/s1. The lowest BCUT2D eigenvalue weighted by atomic mass is 9.55. The van der Waals surface area contributed by atoms with Crippen molar-refractivity contribution in [3.05, 3.63) is 0 Å². The lowest BCUT2D eigenvalue weighted by molar-refractivity contribution is -0.145. The Hall–Kier alpha value is -0.570. The summed E-state index contributed by atoms with van der Waals surface area (Å²) in [7, 11) is 2.23. The minimum atomic E-state index is 0.110. The summed E-state index contributed by atoms with van der Waals surface area (Å²) >= 11 is 0. The number of esters is 1. The Bertz CT molecular complexity index is 434. The predicted molar refractivity (Wildman–Crippen MR) is 72.4 cm³/mol. The molecule has 2 aliphatic carbocycles. The Kier molecular flexibility index (Phi) is 2.27. The van der Waals surface area contributed by atoms with Gasteiger partial charge in [-0.15, -0.1) is 0 Å². The largest absolute Gasteiger partial charge is 0.460 e. The number of hydrogen-bond donors (Lipinski definition) is 0. The van der Waals surface area contributed by atoms with Gasteiger partial charge in [0.25, 0.3) is 0 Å². The Morgan fingerprint density at radius 2 is 2.11 bits per heavy atom. The van der Waals surface area contributed by atoms with E-state index < -0.39 is 0 Å². The van der Waals surface area contributed by atoms with E-state index >= 15 is 0 Å². The molecule has 0 N–H and O–H groups in total. The number of rotatable bonds is 1. The third-order valence-corrected chi connectivity index (χ3v) is 6.96. The molecule has 0 aromatic heterocycles. The molecule has 4 unspecified atom stereocenters. The van der Waals surface area contributed by atoms with Crippen molar-refractivity contribution in [2.45, 2.75) is 45.8 Å². The normalized spacial score (nSPS) is 55.7. The van der Waals surface area contributed by atoms with E-state index in [-0.39, 0.29) is 18.0 Å². The molecule has 2 aliphatic heterocycles. The van der Waals surface area contributed by atoms with Gasteiger partial charge in [0.15, 0.2) is 0 Å². The minimum absolute atomic E-state index is 0.110. The molecule has 0 radical (unpaired) electrons. The second-order valence-corrected chi connectivity index (χ2v) is 7.88. The van der Waals surface area contributed by atoms with Crippen LogP contribution in [-0.4, -0.2) is 36.6 Å². The molecule has 19 heavy (non-hydrogen) atoms. The number of likely N-dealkylation sites (tertiary alicyclic amines) is 1. The third-order valence-electron chi connectivity index (χ3n) is 6.96. The van der Waals surface area contributed by atoms with Gasteiger partial charge < -0.3 is 4.74 Å². The highest BCUT2D eigenvalue weighted by Gasteiger charge is 2.71. The number of nitrogens with zero attached hydrogens (tertiary/aromatic N) is 1. The van der Waals surface area contributed by atoms with Crippen molar-refractivity contribution in [1.82, 2.24) is 4.90 Å². The molecule has 2 heterocycles. The van der Waals surface area contributed by atoms with Crippen molar-refractivity contribution < 1.29 is 9.53 Å². The molecule has 4 rings (SSSR count). The number of likely N-dealkylation sites (N-methyl/N-ethyl adjacent to an activating group) is 1. The summed E-state index contributed by atoms with van der Waals surface area (Å²) < 4.78 is 5.88. The predicted octanol–water partition coefficient (Wildman–Crippen LogP) is 2.16. The first-order chi connectivity index (χ1) is 8.96. The summed E-state index contributed by atoms with van der Waals surface area (Å²) in [5.41, 5.74) is 0.321. The molecule has 2 bridgehead atoms. The van der Waals surface area contributed by atoms with Crippen LogP contribution in [0.4, 0.5) is 0 Å². The van der Waals surface area contributed by atoms with Gasteiger partial charge in [-0.3, -0.25) is 9.69 Å². The summed E-state index contributed by atoms with van der Waals surface area (Å²) in [4.78, 5) is 14.9. The number of carbonyl (C=O) groups excluding carboxylic acids is 1. The maximum absolute atomic E-state index is 12.4. The zero-order chi connectivity index (χ0) is 13.5. The smallest absolute Gasteiger partial charge is 0.310 e. The van der Waals surface area contributed by atoms with Crippen LogP contribution in [0.3, 0.4) is 0 Å². The van der Waals surface area contributed by atoms with E-state index in [2.05, 4.69) is 32.7 Å². The molecule has 2 saturated carbocycles. The van der Waals surface area contributed by atoms with Crippen molar-refractivity contribution in [2.75, 3.05) is 13.6 Å². The fraction of sp³-hybridized carbons (Fsp3) is 0.938.